The second kappa shape index (κ2) is 10.6. The lowest BCUT2D eigenvalue weighted by molar-refractivity contribution is 0.00464. The molecule has 0 saturated carbocycles. The third kappa shape index (κ3) is 9.76. The predicted molar refractivity (Wildman–Crippen MR) is 118 cm³/mol. The highest BCUT2D eigenvalue weighted by Gasteiger charge is 2.38. The Kier molecular flexibility index (Phi) is 9.34. The van der Waals surface area contributed by atoms with Crippen LogP contribution in [0.25, 0.3) is 0 Å². The molecule has 0 aliphatic rings. The number of aliphatic hydroxyl groups excluding tert-OH is 1. The number of alkyl carbamates (subject to hydrolysis) is 1. The number of amides is 1. The summed E-state index contributed by atoms with van der Waals surface area (Å²) in [5.74, 6) is 0. The summed E-state index contributed by atoms with van der Waals surface area (Å²) < 4.78 is 17.2. The molecule has 0 unspecified atom stereocenters. The van der Waals surface area contributed by atoms with Crippen molar-refractivity contribution in [3.8, 4) is 0 Å². The zero-order valence-corrected chi connectivity index (χ0v) is 20.2. The van der Waals surface area contributed by atoms with Gasteiger partial charge in [0.15, 0.2) is 8.32 Å². The van der Waals surface area contributed by atoms with Gasteiger partial charge in [-0.25, -0.2) is 4.79 Å². The van der Waals surface area contributed by atoms with Gasteiger partial charge in [-0.2, -0.15) is 0 Å². The number of rotatable bonds is 9. The minimum Gasteiger partial charge on any atom is -0.444 e. The second-order valence-corrected chi connectivity index (χ2v) is 14.7. The topological polar surface area (TPSA) is 77.0 Å². The fourth-order valence-corrected chi connectivity index (χ4v) is 3.23. The van der Waals surface area contributed by atoms with E-state index in [1.807, 2.05) is 30.3 Å². The van der Waals surface area contributed by atoms with E-state index in [1.165, 1.54) is 0 Å². The van der Waals surface area contributed by atoms with Crippen molar-refractivity contribution in [2.75, 3.05) is 13.2 Å². The first-order valence-electron chi connectivity index (χ1n) is 10.1. The Hall–Kier alpha value is -1.41. The summed E-state index contributed by atoms with van der Waals surface area (Å²) in [4.78, 5) is 12.2. The molecule has 0 aliphatic carbocycles. The van der Waals surface area contributed by atoms with Crippen molar-refractivity contribution >= 4 is 14.4 Å². The van der Waals surface area contributed by atoms with E-state index in [-0.39, 0.29) is 18.3 Å². The maximum absolute atomic E-state index is 12.2. The molecule has 0 aliphatic heterocycles. The highest BCUT2D eigenvalue weighted by molar-refractivity contribution is 6.74. The number of hydrogen-bond donors (Lipinski definition) is 2. The van der Waals surface area contributed by atoms with Crippen LogP contribution in [-0.2, 0) is 20.5 Å². The summed E-state index contributed by atoms with van der Waals surface area (Å²) in [7, 11) is -2.02. The quantitative estimate of drug-likeness (QED) is 0.571. The normalized spacial score (nSPS) is 14.9. The molecular weight excluding hydrogens is 386 g/mol. The lowest BCUT2D eigenvalue weighted by Gasteiger charge is -2.37. The molecule has 2 atom stereocenters. The van der Waals surface area contributed by atoms with Crippen molar-refractivity contribution in [1.29, 1.82) is 0 Å². The third-order valence-corrected chi connectivity index (χ3v) is 9.50. The molecule has 0 fully saturated rings. The molecule has 0 radical (unpaired) electrons. The molecule has 0 spiro atoms. The summed E-state index contributed by atoms with van der Waals surface area (Å²) in [5, 5.41) is 13.5. The van der Waals surface area contributed by atoms with Crippen LogP contribution in [0.15, 0.2) is 30.3 Å². The Labute approximate surface area is 177 Å². The number of aliphatic hydroxyl groups is 1. The number of ether oxygens (including phenoxy) is 2. The molecule has 0 bridgehead atoms. The van der Waals surface area contributed by atoms with Crippen molar-refractivity contribution in [1.82, 2.24) is 5.32 Å². The molecule has 1 rings (SSSR count). The summed E-state index contributed by atoms with van der Waals surface area (Å²) in [6.07, 6.45) is -1.50. The smallest absolute Gasteiger partial charge is 0.408 e. The molecular formula is C22H39NO5Si. The van der Waals surface area contributed by atoms with E-state index in [0.29, 0.717) is 6.61 Å². The zero-order chi connectivity index (χ0) is 22.3. The number of carbonyl (C=O) groups excluding carboxylic acids is 1. The summed E-state index contributed by atoms with van der Waals surface area (Å²) >= 11 is 0. The highest BCUT2D eigenvalue weighted by atomic mass is 28.4. The Balaban J connectivity index is 2.73. The van der Waals surface area contributed by atoms with E-state index in [1.54, 1.807) is 20.8 Å². The number of benzene rings is 1. The van der Waals surface area contributed by atoms with Crippen LogP contribution in [0.3, 0.4) is 0 Å². The van der Waals surface area contributed by atoms with Crippen LogP contribution in [-0.4, -0.2) is 50.5 Å². The van der Waals surface area contributed by atoms with Gasteiger partial charge in [0.1, 0.15) is 5.60 Å². The van der Waals surface area contributed by atoms with E-state index in [0.717, 1.165) is 5.56 Å². The first-order chi connectivity index (χ1) is 13.2. The minimum absolute atomic E-state index is 0.0324. The van der Waals surface area contributed by atoms with Gasteiger partial charge in [0, 0.05) is 0 Å². The molecule has 2 N–H and O–H groups in total. The monoisotopic (exact) mass is 425 g/mol. The number of nitrogens with one attached hydrogen (secondary N) is 1. The Morgan fingerprint density at radius 2 is 1.66 bits per heavy atom. The number of carbonyl (C=O) groups is 1. The van der Waals surface area contributed by atoms with Crippen molar-refractivity contribution < 1.29 is 23.8 Å². The van der Waals surface area contributed by atoms with E-state index >= 15 is 0 Å². The fraction of sp³-hybridized carbons (Fsp3) is 0.682. The van der Waals surface area contributed by atoms with Crippen LogP contribution in [0.1, 0.15) is 47.1 Å². The van der Waals surface area contributed by atoms with Crippen LogP contribution < -0.4 is 5.32 Å². The van der Waals surface area contributed by atoms with E-state index < -0.39 is 32.2 Å². The summed E-state index contributed by atoms with van der Waals surface area (Å²) in [6, 6.07) is 9.12. The molecule has 29 heavy (non-hydrogen) atoms. The van der Waals surface area contributed by atoms with Gasteiger partial charge >= 0.3 is 6.09 Å². The van der Waals surface area contributed by atoms with Gasteiger partial charge in [0.2, 0.25) is 0 Å². The largest absolute Gasteiger partial charge is 0.444 e. The van der Waals surface area contributed by atoms with Crippen molar-refractivity contribution in [3.63, 3.8) is 0 Å². The maximum atomic E-state index is 12.2. The fourth-order valence-electron chi connectivity index (χ4n) is 2.21. The SMILES string of the molecule is CC(C)(C)OC(=O)N[C@@H](COCc1ccccc1)[C@@H](O)CO[Si](C)(C)C(C)(C)C. The van der Waals surface area contributed by atoms with Crippen LogP contribution in [0.4, 0.5) is 4.79 Å². The van der Waals surface area contributed by atoms with E-state index in [9.17, 15) is 9.90 Å². The summed E-state index contributed by atoms with van der Waals surface area (Å²) in [6.45, 7) is 16.7. The van der Waals surface area contributed by atoms with Crippen molar-refractivity contribution in [2.24, 2.45) is 0 Å². The minimum atomic E-state index is -2.02. The molecule has 7 heteroatoms. The van der Waals surface area contributed by atoms with Crippen molar-refractivity contribution in [2.45, 2.75) is 84.0 Å². The first kappa shape index (κ1) is 25.6. The van der Waals surface area contributed by atoms with Crippen LogP contribution >= 0.6 is 0 Å². The van der Waals surface area contributed by atoms with Gasteiger partial charge in [-0.15, -0.1) is 0 Å². The Bertz CT molecular complexity index is 622. The van der Waals surface area contributed by atoms with Crippen molar-refractivity contribution in [3.05, 3.63) is 35.9 Å². The average Bonchev–Trinajstić information content (AvgIpc) is 2.57. The second-order valence-electron chi connectivity index (χ2n) is 9.89. The molecule has 166 valence electrons. The molecule has 1 amide bonds. The van der Waals surface area contributed by atoms with Crippen LogP contribution in [0.2, 0.25) is 18.1 Å². The molecule has 6 nitrogen and oxygen atoms in total. The van der Waals surface area contributed by atoms with Gasteiger partial charge in [-0.3, -0.25) is 0 Å². The average molecular weight is 426 g/mol. The highest BCUT2D eigenvalue weighted by Crippen LogP contribution is 2.36. The Morgan fingerprint density at radius 1 is 1.07 bits per heavy atom. The van der Waals surface area contributed by atoms with Gasteiger partial charge in [-0.05, 0) is 44.5 Å². The first-order valence-corrected chi connectivity index (χ1v) is 13.1. The summed E-state index contributed by atoms with van der Waals surface area (Å²) in [5.41, 5.74) is 0.401. The molecule has 1 aromatic carbocycles. The third-order valence-electron chi connectivity index (χ3n) is 5.00. The lowest BCUT2D eigenvalue weighted by atomic mass is 10.2. The predicted octanol–water partition coefficient (Wildman–Crippen LogP) is 4.48. The lowest BCUT2D eigenvalue weighted by Crippen LogP contribution is -2.51. The molecule has 0 heterocycles. The van der Waals surface area contributed by atoms with E-state index in [2.05, 4.69) is 39.2 Å². The standard InChI is InChI=1S/C22H39NO5Si/c1-21(2,3)28-20(25)23-18(15-26-14-17-12-10-9-11-13-17)19(24)16-27-29(7,8)22(4,5)6/h9-13,18-19,24H,14-16H2,1-8H3,(H,23,25)/t18-,19-/m0/s1. The van der Waals surface area contributed by atoms with Gasteiger partial charge in [0.25, 0.3) is 0 Å². The molecule has 1 aromatic rings. The van der Waals surface area contributed by atoms with E-state index in [4.69, 9.17) is 13.9 Å². The van der Waals surface area contributed by atoms with Crippen LogP contribution in [0.5, 0.6) is 0 Å². The Morgan fingerprint density at radius 3 is 2.17 bits per heavy atom. The molecule has 0 saturated heterocycles. The maximum Gasteiger partial charge on any atom is 0.408 e. The van der Waals surface area contributed by atoms with Gasteiger partial charge in [-0.1, -0.05) is 51.1 Å². The molecule has 0 aromatic heterocycles. The van der Waals surface area contributed by atoms with Gasteiger partial charge in [0.05, 0.1) is 32.0 Å². The van der Waals surface area contributed by atoms with Gasteiger partial charge < -0.3 is 24.3 Å². The zero-order valence-electron chi connectivity index (χ0n) is 19.2. The number of hydrogen-bond acceptors (Lipinski definition) is 5. The van der Waals surface area contributed by atoms with Crippen LogP contribution in [0, 0.1) is 0 Å².